The summed E-state index contributed by atoms with van der Waals surface area (Å²) in [5.74, 6) is 2.35. The summed E-state index contributed by atoms with van der Waals surface area (Å²) < 4.78 is 8.17. The Hall–Kier alpha value is -3.06. The number of carbonyl (C=O) groups excluding carboxylic acids is 1. The molecule has 0 bridgehead atoms. The van der Waals surface area contributed by atoms with Gasteiger partial charge >= 0.3 is 0 Å². The average molecular weight is 477 g/mol. The monoisotopic (exact) mass is 476 g/mol. The summed E-state index contributed by atoms with van der Waals surface area (Å²) >= 11 is 1.45. The Labute approximate surface area is 206 Å². The van der Waals surface area contributed by atoms with Gasteiger partial charge in [0.05, 0.1) is 5.25 Å². The fraction of sp³-hybridized carbons (Fsp3) is 0.370. The van der Waals surface area contributed by atoms with E-state index in [0.717, 1.165) is 42.8 Å². The van der Waals surface area contributed by atoms with Crippen LogP contribution in [0, 0.1) is 5.92 Å². The fourth-order valence-electron chi connectivity index (χ4n) is 4.11. The standard InChI is InChI=1S/C27H32N4O2S/c1-4-16-31-25(19-33-24-13-9-8-12-23(24)22-10-6-5-7-11-22)28-29-27(31)34-21(3)26(32)30-17-14-20(2)15-18-30/h4-13,20-21H,1,14-19H2,2-3H3. The van der Waals surface area contributed by atoms with Crippen molar-refractivity contribution < 1.29 is 9.53 Å². The fourth-order valence-corrected chi connectivity index (χ4v) is 5.07. The third-order valence-electron chi connectivity index (χ3n) is 6.16. The van der Waals surface area contributed by atoms with Gasteiger partial charge in [0.25, 0.3) is 0 Å². The van der Waals surface area contributed by atoms with Crippen LogP contribution in [0.25, 0.3) is 11.1 Å². The van der Waals surface area contributed by atoms with E-state index in [1.807, 2.05) is 58.9 Å². The first-order valence-corrected chi connectivity index (χ1v) is 12.7. The molecule has 0 saturated carbocycles. The molecule has 1 fully saturated rings. The maximum absolute atomic E-state index is 13.0. The van der Waals surface area contributed by atoms with Gasteiger partial charge in [-0.1, -0.05) is 73.3 Å². The third-order valence-corrected chi connectivity index (χ3v) is 7.23. The van der Waals surface area contributed by atoms with Crippen LogP contribution in [0.15, 0.2) is 72.4 Å². The van der Waals surface area contributed by atoms with Crippen LogP contribution in [0.5, 0.6) is 5.75 Å². The Morgan fingerprint density at radius 2 is 1.85 bits per heavy atom. The first kappa shape index (κ1) is 24.1. The number of hydrogen-bond acceptors (Lipinski definition) is 5. The molecule has 1 unspecified atom stereocenters. The third kappa shape index (κ3) is 5.70. The van der Waals surface area contributed by atoms with Gasteiger partial charge in [-0.2, -0.15) is 0 Å². The number of benzene rings is 2. The first-order chi connectivity index (χ1) is 16.6. The van der Waals surface area contributed by atoms with Crippen molar-refractivity contribution in [2.24, 2.45) is 5.92 Å². The number of rotatable bonds is 9. The molecule has 1 atom stereocenters. The van der Waals surface area contributed by atoms with E-state index in [4.69, 9.17) is 4.74 Å². The largest absolute Gasteiger partial charge is 0.485 e. The van der Waals surface area contributed by atoms with Gasteiger partial charge in [-0.15, -0.1) is 16.8 Å². The lowest BCUT2D eigenvalue weighted by molar-refractivity contribution is -0.131. The van der Waals surface area contributed by atoms with Crippen molar-refractivity contribution in [3.8, 4) is 16.9 Å². The summed E-state index contributed by atoms with van der Waals surface area (Å²) in [5.41, 5.74) is 2.13. The predicted octanol–water partition coefficient (Wildman–Crippen LogP) is 5.45. The maximum atomic E-state index is 13.0. The molecule has 1 saturated heterocycles. The van der Waals surface area contributed by atoms with E-state index in [1.165, 1.54) is 11.8 Å². The van der Waals surface area contributed by atoms with Crippen molar-refractivity contribution >= 4 is 17.7 Å². The van der Waals surface area contributed by atoms with Crippen molar-refractivity contribution in [3.05, 3.63) is 73.1 Å². The molecule has 1 amide bonds. The van der Waals surface area contributed by atoms with E-state index in [-0.39, 0.29) is 17.8 Å². The molecule has 7 heteroatoms. The summed E-state index contributed by atoms with van der Waals surface area (Å²) in [7, 11) is 0. The van der Waals surface area contributed by atoms with Crippen LogP contribution >= 0.6 is 11.8 Å². The lowest BCUT2D eigenvalue weighted by Gasteiger charge is -2.31. The number of aromatic nitrogens is 3. The molecule has 34 heavy (non-hydrogen) atoms. The van der Waals surface area contributed by atoms with Crippen LogP contribution in [0.4, 0.5) is 0 Å². The van der Waals surface area contributed by atoms with Crippen molar-refractivity contribution in [2.75, 3.05) is 13.1 Å². The molecule has 1 aromatic heterocycles. The van der Waals surface area contributed by atoms with Gasteiger partial charge in [-0.05, 0) is 37.3 Å². The molecule has 1 aliphatic heterocycles. The normalized spacial score (nSPS) is 15.2. The summed E-state index contributed by atoms with van der Waals surface area (Å²) in [4.78, 5) is 15.0. The lowest BCUT2D eigenvalue weighted by Crippen LogP contribution is -2.41. The highest BCUT2D eigenvalue weighted by atomic mass is 32.2. The van der Waals surface area contributed by atoms with Crippen LogP contribution < -0.4 is 4.74 Å². The van der Waals surface area contributed by atoms with Gasteiger partial charge in [-0.25, -0.2) is 0 Å². The molecule has 0 spiro atoms. The Balaban J connectivity index is 1.46. The zero-order chi connectivity index (χ0) is 23.9. The van der Waals surface area contributed by atoms with Gasteiger partial charge in [0.15, 0.2) is 11.0 Å². The van der Waals surface area contributed by atoms with Crippen LogP contribution in [0.2, 0.25) is 0 Å². The minimum absolute atomic E-state index is 0.166. The number of allylic oxidation sites excluding steroid dienone is 1. The highest BCUT2D eigenvalue weighted by molar-refractivity contribution is 8.00. The Morgan fingerprint density at radius 1 is 1.15 bits per heavy atom. The van der Waals surface area contributed by atoms with Crippen molar-refractivity contribution in [1.29, 1.82) is 0 Å². The molecule has 1 aliphatic rings. The van der Waals surface area contributed by atoms with Gasteiger partial charge in [0, 0.05) is 25.2 Å². The molecule has 0 radical (unpaired) electrons. The smallest absolute Gasteiger partial charge is 0.235 e. The van der Waals surface area contributed by atoms with E-state index in [1.54, 1.807) is 0 Å². The van der Waals surface area contributed by atoms with Crippen molar-refractivity contribution in [2.45, 2.75) is 50.2 Å². The Bertz CT molecular complexity index is 1110. The molecule has 0 N–H and O–H groups in total. The number of carbonyl (C=O) groups is 1. The maximum Gasteiger partial charge on any atom is 0.235 e. The molecule has 2 heterocycles. The molecule has 4 rings (SSSR count). The van der Waals surface area contributed by atoms with E-state index in [2.05, 4.69) is 41.9 Å². The Morgan fingerprint density at radius 3 is 2.59 bits per heavy atom. The van der Waals surface area contributed by atoms with Crippen molar-refractivity contribution in [1.82, 2.24) is 19.7 Å². The van der Waals surface area contributed by atoms with Crippen molar-refractivity contribution in [3.63, 3.8) is 0 Å². The minimum atomic E-state index is -0.228. The van der Waals surface area contributed by atoms with Gasteiger partial charge in [-0.3, -0.25) is 9.36 Å². The second kappa shape index (κ2) is 11.4. The SMILES string of the molecule is C=CCn1c(COc2ccccc2-c2ccccc2)nnc1SC(C)C(=O)N1CCC(C)CC1. The molecule has 178 valence electrons. The van der Waals surface area contributed by atoms with E-state index in [0.29, 0.717) is 23.4 Å². The highest BCUT2D eigenvalue weighted by Crippen LogP contribution is 2.31. The van der Waals surface area contributed by atoms with Crippen LogP contribution in [0.1, 0.15) is 32.5 Å². The number of amides is 1. The van der Waals surface area contributed by atoms with Gasteiger partial charge in [0.2, 0.25) is 5.91 Å². The van der Waals surface area contributed by atoms with Crippen LogP contribution in [0.3, 0.4) is 0 Å². The Kier molecular flexibility index (Phi) is 8.06. The number of likely N-dealkylation sites (tertiary alicyclic amines) is 1. The summed E-state index contributed by atoms with van der Waals surface area (Å²) in [5, 5.41) is 9.25. The summed E-state index contributed by atoms with van der Waals surface area (Å²) in [6, 6.07) is 18.2. The molecule has 0 aliphatic carbocycles. The summed E-state index contributed by atoms with van der Waals surface area (Å²) in [6.45, 7) is 10.6. The number of ether oxygens (including phenoxy) is 1. The van der Waals surface area contributed by atoms with E-state index < -0.39 is 0 Å². The second-order valence-corrected chi connectivity index (χ2v) is 10.0. The topological polar surface area (TPSA) is 60.2 Å². The number of nitrogens with zero attached hydrogens (tertiary/aromatic N) is 4. The minimum Gasteiger partial charge on any atom is -0.485 e. The average Bonchev–Trinajstić information content (AvgIpc) is 3.24. The molecule has 6 nitrogen and oxygen atoms in total. The number of thioether (sulfide) groups is 1. The second-order valence-electron chi connectivity index (χ2n) is 8.72. The van der Waals surface area contributed by atoms with E-state index in [9.17, 15) is 4.79 Å². The number of hydrogen-bond donors (Lipinski definition) is 0. The lowest BCUT2D eigenvalue weighted by atomic mass is 9.99. The number of piperidine rings is 1. The van der Waals surface area contributed by atoms with Crippen LogP contribution in [-0.2, 0) is 17.9 Å². The molecular weight excluding hydrogens is 444 g/mol. The molecular formula is C27H32N4O2S. The number of para-hydroxylation sites is 1. The molecule has 2 aromatic carbocycles. The first-order valence-electron chi connectivity index (χ1n) is 11.8. The van der Waals surface area contributed by atoms with Gasteiger partial charge < -0.3 is 9.64 Å². The quantitative estimate of drug-likeness (QED) is 0.304. The zero-order valence-electron chi connectivity index (χ0n) is 19.9. The highest BCUT2D eigenvalue weighted by Gasteiger charge is 2.27. The summed E-state index contributed by atoms with van der Waals surface area (Å²) in [6.07, 6.45) is 3.96. The molecule has 3 aromatic rings. The van der Waals surface area contributed by atoms with Crippen LogP contribution in [-0.4, -0.2) is 43.9 Å². The van der Waals surface area contributed by atoms with Gasteiger partial charge in [0.1, 0.15) is 12.4 Å². The van der Waals surface area contributed by atoms with E-state index >= 15 is 0 Å². The zero-order valence-corrected chi connectivity index (χ0v) is 20.7. The predicted molar refractivity (Wildman–Crippen MR) is 137 cm³/mol.